The van der Waals surface area contributed by atoms with Gasteiger partial charge >= 0.3 is 0 Å². The van der Waals surface area contributed by atoms with Gasteiger partial charge in [0, 0.05) is 25.2 Å². The smallest absolute Gasteiger partial charge is 0.0599 e. The summed E-state index contributed by atoms with van der Waals surface area (Å²) in [5.41, 5.74) is 0. The Balaban J connectivity index is 2.00. The van der Waals surface area contributed by atoms with Crippen LogP contribution in [-0.4, -0.2) is 48.3 Å². The number of rotatable bonds is 2. The minimum absolute atomic E-state index is 0.302. The van der Waals surface area contributed by atoms with Crippen molar-refractivity contribution in [3.63, 3.8) is 0 Å². The van der Waals surface area contributed by atoms with E-state index in [0.717, 1.165) is 25.7 Å². The van der Waals surface area contributed by atoms with Crippen LogP contribution in [0.25, 0.3) is 0 Å². The van der Waals surface area contributed by atoms with E-state index >= 15 is 0 Å². The van der Waals surface area contributed by atoms with Crippen molar-refractivity contribution in [2.75, 3.05) is 26.2 Å². The van der Waals surface area contributed by atoms with Gasteiger partial charge in [0.1, 0.15) is 0 Å². The Morgan fingerprint density at radius 1 is 1.19 bits per heavy atom. The van der Waals surface area contributed by atoms with Gasteiger partial charge < -0.3 is 10.4 Å². The fraction of sp³-hybridized carbons (Fsp3) is 1.00. The molecule has 1 aliphatic carbocycles. The molecule has 94 valence electrons. The third-order valence-corrected chi connectivity index (χ3v) is 4.12. The van der Waals surface area contributed by atoms with E-state index in [1.807, 2.05) is 0 Å². The highest BCUT2D eigenvalue weighted by Crippen LogP contribution is 2.25. The molecular formula is C13H26N2O. The van der Waals surface area contributed by atoms with Crippen LogP contribution in [-0.2, 0) is 0 Å². The van der Waals surface area contributed by atoms with Gasteiger partial charge in [-0.3, -0.25) is 4.90 Å². The van der Waals surface area contributed by atoms with Gasteiger partial charge in [0.15, 0.2) is 0 Å². The molecule has 16 heavy (non-hydrogen) atoms. The number of nitrogens with one attached hydrogen (secondary N) is 1. The first kappa shape index (κ1) is 12.3. The fourth-order valence-corrected chi connectivity index (χ4v) is 3.22. The average molecular weight is 226 g/mol. The maximum atomic E-state index is 9.52. The van der Waals surface area contributed by atoms with Crippen molar-refractivity contribution in [3.05, 3.63) is 0 Å². The Morgan fingerprint density at radius 2 is 1.94 bits per heavy atom. The molecule has 3 heteroatoms. The first-order valence-corrected chi connectivity index (χ1v) is 6.88. The zero-order valence-corrected chi connectivity index (χ0v) is 10.5. The Bertz CT molecular complexity index is 204. The summed E-state index contributed by atoms with van der Waals surface area (Å²) in [6.45, 7) is 5.82. The third-order valence-electron chi connectivity index (χ3n) is 4.12. The predicted molar refractivity (Wildman–Crippen MR) is 66.5 cm³/mol. The fourth-order valence-electron chi connectivity index (χ4n) is 3.22. The normalized spacial score (nSPS) is 34.9. The van der Waals surface area contributed by atoms with Gasteiger partial charge in [-0.05, 0) is 25.3 Å². The number of aliphatic hydroxyl groups excluding tert-OH is 1. The van der Waals surface area contributed by atoms with E-state index in [9.17, 15) is 5.11 Å². The van der Waals surface area contributed by atoms with Crippen molar-refractivity contribution in [1.29, 1.82) is 0 Å². The summed E-state index contributed by atoms with van der Waals surface area (Å²) in [7, 11) is 0. The second kappa shape index (κ2) is 5.99. The van der Waals surface area contributed by atoms with E-state index in [0.29, 0.717) is 18.6 Å². The molecule has 2 atom stereocenters. The molecular weight excluding hydrogens is 200 g/mol. The first-order chi connectivity index (χ1) is 7.81. The zero-order valence-electron chi connectivity index (χ0n) is 10.5. The van der Waals surface area contributed by atoms with E-state index in [1.165, 1.54) is 32.1 Å². The van der Waals surface area contributed by atoms with Crippen molar-refractivity contribution < 1.29 is 5.11 Å². The lowest BCUT2D eigenvalue weighted by molar-refractivity contribution is 0.0653. The molecule has 0 amide bonds. The van der Waals surface area contributed by atoms with Crippen molar-refractivity contribution >= 4 is 0 Å². The van der Waals surface area contributed by atoms with Crippen LogP contribution < -0.4 is 5.32 Å². The molecule has 1 heterocycles. The standard InChI is InChI=1S/C13H26N2O/c1-11-7-14-8-13(10-16)15(9-11)12-5-3-2-4-6-12/h11-14,16H,2-10H2,1H3. The van der Waals surface area contributed by atoms with E-state index < -0.39 is 0 Å². The summed E-state index contributed by atoms with van der Waals surface area (Å²) in [6, 6.07) is 1.07. The summed E-state index contributed by atoms with van der Waals surface area (Å²) in [5.74, 6) is 0.707. The maximum absolute atomic E-state index is 9.52. The molecule has 2 fully saturated rings. The molecule has 2 aliphatic rings. The Labute approximate surface area is 99.2 Å². The Kier molecular flexibility index (Phi) is 4.62. The number of aliphatic hydroxyl groups is 1. The molecule has 2 unspecified atom stereocenters. The number of nitrogens with zero attached hydrogens (tertiary/aromatic N) is 1. The van der Waals surface area contributed by atoms with Crippen LogP contribution in [0, 0.1) is 5.92 Å². The van der Waals surface area contributed by atoms with Crippen molar-refractivity contribution in [2.45, 2.75) is 51.1 Å². The minimum atomic E-state index is 0.302. The van der Waals surface area contributed by atoms with Gasteiger partial charge in [-0.2, -0.15) is 0 Å². The van der Waals surface area contributed by atoms with Crippen molar-refractivity contribution in [2.24, 2.45) is 5.92 Å². The van der Waals surface area contributed by atoms with Crippen LogP contribution in [0.1, 0.15) is 39.0 Å². The van der Waals surface area contributed by atoms with Gasteiger partial charge in [0.05, 0.1) is 6.61 Å². The average Bonchev–Trinajstić information content (AvgIpc) is 2.52. The number of hydrogen-bond donors (Lipinski definition) is 2. The highest BCUT2D eigenvalue weighted by Gasteiger charge is 2.30. The van der Waals surface area contributed by atoms with Gasteiger partial charge in [-0.25, -0.2) is 0 Å². The maximum Gasteiger partial charge on any atom is 0.0599 e. The molecule has 0 radical (unpaired) electrons. The van der Waals surface area contributed by atoms with Gasteiger partial charge in [0.2, 0.25) is 0 Å². The van der Waals surface area contributed by atoms with Gasteiger partial charge in [0.25, 0.3) is 0 Å². The molecule has 0 aromatic heterocycles. The molecule has 1 saturated carbocycles. The highest BCUT2D eigenvalue weighted by atomic mass is 16.3. The summed E-state index contributed by atoms with van der Waals surface area (Å²) in [5, 5.41) is 13.0. The van der Waals surface area contributed by atoms with E-state index in [4.69, 9.17) is 0 Å². The molecule has 0 spiro atoms. The molecule has 0 aromatic carbocycles. The van der Waals surface area contributed by atoms with E-state index in [-0.39, 0.29) is 0 Å². The third kappa shape index (κ3) is 2.96. The molecule has 0 bridgehead atoms. The van der Waals surface area contributed by atoms with Gasteiger partial charge in [-0.1, -0.05) is 26.2 Å². The molecule has 2 rings (SSSR count). The molecule has 2 N–H and O–H groups in total. The largest absolute Gasteiger partial charge is 0.395 e. The molecule has 3 nitrogen and oxygen atoms in total. The lowest BCUT2D eigenvalue weighted by atomic mass is 9.92. The summed E-state index contributed by atoms with van der Waals surface area (Å²) < 4.78 is 0. The SMILES string of the molecule is CC1CNCC(CO)N(C2CCCCC2)C1. The summed E-state index contributed by atoms with van der Waals surface area (Å²) in [4.78, 5) is 2.59. The summed E-state index contributed by atoms with van der Waals surface area (Å²) >= 11 is 0. The minimum Gasteiger partial charge on any atom is -0.395 e. The van der Waals surface area contributed by atoms with Crippen LogP contribution in [0.5, 0.6) is 0 Å². The van der Waals surface area contributed by atoms with Crippen LogP contribution in [0.15, 0.2) is 0 Å². The number of hydrogen-bond acceptors (Lipinski definition) is 3. The predicted octanol–water partition coefficient (Wildman–Crippen LogP) is 1.22. The monoisotopic (exact) mass is 226 g/mol. The first-order valence-electron chi connectivity index (χ1n) is 6.88. The van der Waals surface area contributed by atoms with Crippen LogP contribution in [0.4, 0.5) is 0 Å². The summed E-state index contributed by atoms with van der Waals surface area (Å²) in [6.07, 6.45) is 6.83. The molecule has 1 aliphatic heterocycles. The van der Waals surface area contributed by atoms with Crippen LogP contribution in [0.3, 0.4) is 0 Å². The van der Waals surface area contributed by atoms with Crippen molar-refractivity contribution in [3.8, 4) is 0 Å². The molecule has 0 aromatic rings. The Morgan fingerprint density at radius 3 is 2.62 bits per heavy atom. The quantitative estimate of drug-likeness (QED) is 0.743. The second-order valence-electron chi connectivity index (χ2n) is 5.59. The zero-order chi connectivity index (χ0) is 11.4. The van der Waals surface area contributed by atoms with Gasteiger partial charge in [-0.15, -0.1) is 0 Å². The van der Waals surface area contributed by atoms with Crippen LogP contribution in [0.2, 0.25) is 0 Å². The molecule has 1 saturated heterocycles. The van der Waals surface area contributed by atoms with Crippen LogP contribution >= 0.6 is 0 Å². The lowest BCUT2D eigenvalue weighted by Gasteiger charge is -2.38. The van der Waals surface area contributed by atoms with Crippen molar-refractivity contribution in [1.82, 2.24) is 10.2 Å². The lowest BCUT2D eigenvalue weighted by Crippen LogP contribution is -2.49. The second-order valence-corrected chi connectivity index (χ2v) is 5.59. The van der Waals surface area contributed by atoms with E-state index in [1.54, 1.807) is 0 Å². The topological polar surface area (TPSA) is 35.5 Å². The van der Waals surface area contributed by atoms with E-state index in [2.05, 4.69) is 17.1 Å². The highest BCUT2D eigenvalue weighted by molar-refractivity contribution is 4.86. The Hall–Kier alpha value is -0.120.